The molecule has 6 heteroatoms. The van der Waals surface area contributed by atoms with E-state index in [0.717, 1.165) is 40.8 Å². The Balaban J connectivity index is 1.85. The fourth-order valence-electron chi connectivity index (χ4n) is 3.40. The number of pyridine rings is 1. The molecule has 0 aliphatic carbocycles. The summed E-state index contributed by atoms with van der Waals surface area (Å²) in [6.45, 7) is 2.73. The number of fused-ring (bicyclic) bond motifs is 1. The molecule has 2 N–H and O–H groups in total. The highest BCUT2D eigenvalue weighted by atomic mass is 16.5. The highest BCUT2D eigenvalue weighted by molar-refractivity contribution is 6.10. The molecule has 2 heterocycles. The Morgan fingerprint density at radius 3 is 2.53 bits per heavy atom. The molecule has 0 saturated heterocycles. The lowest BCUT2D eigenvalue weighted by molar-refractivity contribution is 0.0955. The van der Waals surface area contributed by atoms with Crippen LogP contribution in [0.25, 0.3) is 33.5 Å². The standard InChI is InChI=1S/C24H24N4O2/c1-3-4-14-25-24(29)19-15-20(16-10-12-18(30-2)13-11-16)26-23-21(19)22(27-28-23)17-8-6-5-7-9-17/h5-13,15H,3-4,14H2,1-2H3,(H,25,29)(H,26,27,28). The van der Waals surface area contributed by atoms with Gasteiger partial charge >= 0.3 is 0 Å². The molecule has 4 rings (SSSR count). The van der Waals surface area contributed by atoms with Gasteiger partial charge in [0, 0.05) is 17.7 Å². The van der Waals surface area contributed by atoms with Crippen molar-refractivity contribution in [2.75, 3.05) is 13.7 Å². The molecule has 2 aromatic heterocycles. The number of rotatable bonds is 7. The Hall–Kier alpha value is -3.67. The van der Waals surface area contributed by atoms with Crippen LogP contribution in [0.5, 0.6) is 5.75 Å². The predicted molar refractivity (Wildman–Crippen MR) is 119 cm³/mol. The fraction of sp³-hybridized carbons (Fsp3) is 0.208. The van der Waals surface area contributed by atoms with E-state index in [2.05, 4.69) is 22.4 Å². The van der Waals surface area contributed by atoms with Crippen molar-refractivity contribution in [3.63, 3.8) is 0 Å². The van der Waals surface area contributed by atoms with Gasteiger partial charge in [0.2, 0.25) is 0 Å². The van der Waals surface area contributed by atoms with Gasteiger partial charge in [0.05, 0.1) is 29.4 Å². The van der Waals surface area contributed by atoms with E-state index in [0.29, 0.717) is 23.4 Å². The number of hydrogen-bond acceptors (Lipinski definition) is 4. The minimum atomic E-state index is -0.121. The molecule has 2 aromatic carbocycles. The van der Waals surface area contributed by atoms with Gasteiger partial charge in [0.1, 0.15) is 5.75 Å². The Labute approximate surface area is 175 Å². The van der Waals surface area contributed by atoms with Crippen molar-refractivity contribution >= 4 is 16.9 Å². The molecule has 0 atom stereocenters. The summed E-state index contributed by atoms with van der Waals surface area (Å²) >= 11 is 0. The van der Waals surface area contributed by atoms with E-state index in [4.69, 9.17) is 9.72 Å². The summed E-state index contributed by atoms with van der Waals surface area (Å²) < 4.78 is 5.24. The molecule has 0 aliphatic rings. The topological polar surface area (TPSA) is 79.9 Å². The normalized spacial score (nSPS) is 10.9. The Bertz CT molecular complexity index is 1150. The molecule has 6 nitrogen and oxygen atoms in total. The van der Waals surface area contributed by atoms with Crippen LogP contribution in [-0.4, -0.2) is 34.7 Å². The van der Waals surface area contributed by atoms with Gasteiger partial charge in [-0.2, -0.15) is 5.10 Å². The van der Waals surface area contributed by atoms with Gasteiger partial charge in [-0.15, -0.1) is 0 Å². The maximum absolute atomic E-state index is 13.1. The van der Waals surface area contributed by atoms with Crippen molar-refractivity contribution in [2.24, 2.45) is 0 Å². The molecule has 4 aromatic rings. The van der Waals surface area contributed by atoms with Crippen LogP contribution in [0, 0.1) is 0 Å². The van der Waals surface area contributed by atoms with E-state index in [-0.39, 0.29) is 5.91 Å². The van der Waals surface area contributed by atoms with Crippen LogP contribution in [-0.2, 0) is 0 Å². The summed E-state index contributed by atoms with van der Waals surface area (Å²) in [4.78, 5) is 17.8. The number of hydrogen-bond donors (Lipinski definition) is 2. The lowest BCUT2D eigenvalue weighted by atomic mass is 10.0. The van der Waals surface area contributed by atoms with Gasteiger partial charge in [-0.05, 0) is 36.8 Å². The van der Waals surface area contributed by atoms with Crippen molar-refractivity contribution in [3.8, 4) is 28.3 Å². The molecule has 0 saturated carbocycles. The molecule has 0 spiro atoms. The zero-order chi connectivity index (χ0) is 20.9. The minimum absolute atomic E-state index is 0.121. The van der Waals surface area contributed by atoms with Crippen LogP contribution in [0.4, 0.5) is 0 Å². The van der Waals surface area contributed by atoms with Gasteiger partial charge in [0.25, 0.3) is 5.91 Å². The van der Waals surface area contributed by atoms with Crippen LogP contribution in [0.3, 0.4) is 0 Å². The number of unbranched alkanes of at least 4 members (excludes halogenated alkanes) is 1. The largest absolute Gasteiger partial charge is 0.497 e. The van der Waals surface area contributed by atoms with Crippen molar-refractivity contribution in [3.05, 3.63) is 66.2 Å². The minimum Gasteiger partial charge on any atom is -0.497 e. The number of aromatic amines is 1. The Morgan fingerprint density at radius 2 is 1.83 bits per heavy atom. The molecule has 0 fully saturated rings. The van der Waals surface area contributed by atoms with Crippen molar-refractivity contribution in [1.82, 2.24) is 20.5 Å². The van der Waals surface area contributed by atoms with Crippen LogP contribution in [0.1, 0.15) is 30.1 Å². The maximum atomic E-state index is 13.1. The van der Waals surface area contributed by atoms with Gasteiger partial charge < -0.3 is 10.1 Å². The first kappa shape index (κ1) is 19.6. The second-order valence-corrected chi connectivity index (χ2v) is 7.06. The molecule has 30 heavy (non-hydrogen) atoms. The number of carbonyl (C=O) groups is 1. The zero-order valence-corrected chi connectivity index (χ0v) is 17.1. The Kier molecular flexibility index (Phi) is 5.75. The lowest BCUT2D eigenvalue weighted by Crippen LogP contribution is -2.24. The molecular formula is C24H24N4O2. The number of ether oxygens (including phenoxy) is 1. The summed E-state index contributed by atoms with van der Waals surface area (Å²) in [6, 6.07) is 19.3. The Morgan fingerprint density at radius 1 is 1.07 bits per heavy atom. The van der Waals surface area contributed by atoms with E-state index in [9.17, 15) is 4.79 Å². The third-order valence-corrected chi connectivity index (χ3v) is 5.03. The summed E-state index contributed by atoms with van der Waals surface area (Å²) in [7, 11) is 1.63. The first-order valence-corrected chi connectivity index (χ1v) is 10.1. The van der Waals surface area contributed by atoms with Crippen LogP contribution in [0.2, 0.25) is 0 Å². The lowest BCUT2D eigenvalue weighted by Gasteiger charge is -2.10. The average molecular weight is 400 g/mol. The highest BCUT2D eigenvalue weighted by Gasteiger charge is 2.20. The quantitative estimate of drug-likeness (QED) is 0.436. The number of methoxy groups -OCH3 is 1. The summed E-state index contributed by atoms with van der Waals surface area (Å²) in [5.74, 6) is 0.646. The van der Waals surface area contributed by atoms with E-state index in [1.54, 1.807) is 7.11 Å². The second-order valence-electron chi connectivity index (χ2n) is 7.06. The predicted octanol–water partition coefficient (Wildman–Crippen LogP) is 4.83. The van der Waals surface area contributed by atoms with E-state index in [1.165, 1.54) is 0 Å². The summed E-state index contributed by atoms with van der Waals surface area (Å²) in [5, 5.41) is 11.2. The third-order valence-electron chi connectivity index (χ3n) is 5.03. The van der Waals surface area contributed by atoms with Crippen LogP contribution >= 0.6 is 0 Å². The molecule has 1 amide bonds. The highest BCUT2D eigenvalue weighted by Crippen LogP contribution is 2.31. The number of amides is 1. The summed E-state index contributed by atoms with van der Waals surface area (Å²) in [6.07, 6.45) is 1.95. The fourth-order valence-corrected chi connectivity index (χ4v) is 3.40. The zero-order valence-electron chi connectivity index (χ0n) is 17.1. The van der Waals surface area contributed by atoms with Crippen molar-refractivity contribution in [2.45, 2.75) is 19.8 Å². The average Bonchev–Trinajstić information content (AvgIpc) is 3.23. The van der Waals surface area contributed by atoms with E-state index < -0.39 is 0 Å². The van der Waals surface area contributed by atoms with Gasteiger partial charge in [0.15, 0.2) is 5.65 Å². The first-order chi connectivity index (χ1) is 14.7. The van der Waals surface area contributed by atoms with E-state index >= 15 is 0 Å². The maximum Gasteiger partial charge on any atom is 0.252 e. The molecule has 0 bridgehead atoms. The monoisotopic (exact) mass is 400 g/mol. The van der Waals surface area contributed by atoms with Gasteiger partial charge in [-0.3, -0.25) is 9.89 Å². The number of carbonyl (C=O) groups excluding carboxylic acids is 1. The summed E-state index contributed by atoms with van der Waals surface area (Å²) in [5.41, 5.74) is 4.42. The second kappa shape index (κ2) is 8.78. The number of H-pyrrole nitrogens is 1. The van der Waals surface area contributed by atoms with E-state index in [1.807, 2.05) is 60.7 Å². The number of nitrogens with one attached hydrogen (secondary N) is 2. The van der Waals surface area contributed by atoms with Gasteiger partial charge in [-0.1, -0.05) is 43.7 Å². The first-order valence-electron chi connectivity index (χ1n) is 10.1. The van der Waals surface area contributed by atoms with Crippen LogP contribution < -0.4 is 10.1 Å². The van der Waals surface area contributed by atoms with Gasteiger partial charge in [-0.25, -0.2) is 4.98 Å². The SMILES string of the molecule is CCCCNC(=O)c1cc(-c2ccc(OC)cc2)nc2n[nH]c(-c3ccccc3)c12. The number of benzene rings is 2. The molecule has 152 valence electrons. The molecule has 0 radical (unpaired) electrons. The van der Waals surface area contributed by atoms with Crippen LogP contribution in [0.15, 0.2) is 60.7 Å². The van der Waals surface area contributed by atoms with Crippen molar-refractivity contribution in [1.29, 1.82) is 0 Å². The number of nitrogens with zero attached hydrogens (tertiary/aromatic N) is 2. The molecular weight excluding hydrogens is 376 g/mol. The smallest absolute Gasteiger partial charge is 0.252 e. The molecule has 0 unspecified atom stereocenters. The molecule has 0 aliphatic heterocycles. The number of aromatic nitrogens is 3. The third kappa shape index (κ3) is 3.89. The van der Waals surface area contributed by atoms with Crippen molar-refractivity contribution < 1.29 is 9.53 Å².